The number of carbonyl (C=O) groups excluding carboxylic acids is 8. The number of likely N-dealkylation sites (N-methyl/N-ethyl adjacent to an activating group) is 1. The van der Waals surface area contributed by atoms with Crippen LogP contribution in [0.4, 0.5) is 0 Å². The molecule has 4 aromatic carbocycles. The normalized spacial score (nSPS) is 15.4. The zero-order valence-corrected chi connectivity index (χ0v) is 43.9. The number of carbonyl (C=O) groups is 10. The predicted molar refractivity (Wildman–Crippen MR) is 289 cm³/mol. The summed E-state index contributed by atoms with van der Waals surface area (Å²) >= 11 is 0. The second-order valence-corrected chi connectivity index (χ2v) is 19.6. The number of aromatic hydroxyl groups is 1. The molecular weight excluding hydrogens is 1020 g/mol. The summed E-state index contributed by atoms with van der Waals surface area (Å²) in [5, 5.41) is 44.2. The topological polar surface area (TPSA) is 366 Å². The molecular formula is C56H68N10O13. The van der Waals surface area contributed by atoms with Gasteiger partial charge in [-0.1, -0.05) is 92.6 Å². The lowest BCUT2D eigenvalue weighted by Gasteiger charge is -2.32. The fourth-order valence-corrected chi connectivity index (χ4v) is 9.65. The Balaban J connectivity index is 1.19. The van der Waals surface area contributed by atoms with E-state index in [-0.39, 0.29) is 57.2 Å². The molecule has 23 heteroatoms. The van der Waals surface area contributed by atoms with Crippen LogP contribution in [0.3, 0.4) is 0 Å². The second-order valence-electron chi connectivity index (χ2n) is 19.6. The average molecular weight is 1090 g/mol. The first-order valence-electron chi connectivity index (χ1n) is 26.1. The van der Waals surface area contributed by atoms with Crippen LogP contribution in [0.2, 0.25) is 0 Å². The minimum absolute atomic E-state index is 0.0409. The highest BCUT2D eigenvalue weighted by molar-refractivity contribution is 5.99. The molecule has 5 aromatic rings. The molecule has 0 aliphatic carbocycles. The Labute approximate surface area is 455 Å². The molecule has 2 heterocycles. The highest BCUT2D eigenvalue weighted by Gasteiger charge is 2.39. The smallest absolute Gasteiger partial charge is 0.305 e. The molecule has 1 aliphatic heterocycles. The Morgan fingerprint density at radius 2 is 1.39 bits per heavy atom. The molecule has 1 aliphatic rings. The molecule has 7 atom stereocenters. The zero-order chi connectivity index (χ0) is 57.3. The number of amides is 8. The number of para-hydroxylation sites is 1. The van der Waals surface area contributed by atoms with Crippen LogP contribution < -0.4 is 38.1 Å². The molecule has 1 saturated heterocycles. The van der Waals surface area contributed by atoms with Crippen molar-refractivity contribution >= 4 is 80.9 Å². The molecule has 0 radical (unpaired) electrons. The molecule has 0 bridgehead atoms. The fraction of sp³-hybridized carbons (Fsp3) is 0.393. The number of hydrogen-bond donors (Lipinski definition) is 11. The monoisotopic (exact) mass is 1090 g/mol. The van der Waals surface area contributed by atoms with E-state index in [2.05, 4.69) is 31.6 Å². The molecule has 0 saturated carbocycles. The van der Waals surface area contributed by atoms with Crippen LogP contribution in [-0.4, -0.2) is 152 Å². The number of primary amides is 1. The summed E-state index contributed by atoms with van der Waals surface area (Å²) in [6, 6.07) is 16.5. The third-order valence-electron chi connectivity index (χ3n) is 13.9. The van der Waals surface area contributed by atoms with E-state index in [9.17, 15) is 58.2 Å². The van der Waals surface area contributed by atoms with Crippen LogP contribution in [0.5, 0.6) is 5.75 Å². The van der Waals surface area contributed by atoms with Gasteiger partial charge in [-0.25, -0.2) is 0 Å². The van der Waals surface area contributed by atoms with E-state index in [0.717, 1.165) is 26.6 Å². The van der Waals surface area contributed by atoms with Crippen molar-refractivity contribution in [3.05, 3.63) is 114 Å². The van der Waals surface area contributed by atoms with Crippen LogP contribution in [0.25, 0.3) is 21.7 Å². The van der Waals surface area contributed by atoms with Gasteiger partial charge in [-0.05, 0) is 71.3 Å². The Morgan fingerprint density at radius 1 is 0.722 bits per heavy atom. The number of H-pyrrole nitrogens is 1. The molecule has 6 rings (SSSR count). The van der Waals surface area contributed by atoms with Crippen molar-refractivity contribution in [2.45, 2.75) is 120 Å². The number of unbranched alkanes of at least 4 members (excludes halogenated alkanes) is 1. The van der Waals surface area contributed by atoms with Crippen molar-refractivity contribution in [3.63, 3.8) is 0 Å². The molecule has 1 fully saturated rings. The number of aliphatic carboxylic acids is 2. The highest BCUT2D eigenvalue weighted by atomic mass is 16.4. The van der Waals surface area contributed by atoms with Crippen LogP contribution in [0.15, 0.2) is 97.2 Å². The van der Waals surface area contributed by atoms with Crippen LogP contribution in [-0.2, 0) is 67.2 Å². The van der Waals surface area contributed by atoms with Crippen molar-refractivity contribution in [2.75, 3.05) is 20.1 Å². The van der Waals surface area contributed by atoms with Gasteiger partial charge in [0.15, 0.2) is 0 Å². The standard InChI is InChI=1S/C56H68N10O13/c1-3-4-17-45(53(76)64-43(29-49(71)72)52(75)62-41(50(58)73)27-34-13-9-12-33-11-5-6-14-37(33)34)65(2)56(79)44(28-35-30-59-40-16-8-7-15-38(35)40)61-47(68)31-60-51(74)42(26-32-19-21-36(67)22-20-32)63-54(77)46-18-10-25-66(46)55(78)39(57)23-24-48(69)70/h5-9,11-16,19-22,30,39,41-46,59,67H,3-4,10,17-18,23-29,31,57H2,1-2H3,(H2,58,73)(H,60,74)(H,61,68)(H,62,75)(H,63,77)(H,64,76)(H,69,70)(H,71,72)/t39-,41+,42+,43+,44+,45+,46+/m1/s1. The summed E-state index contributed by atoms with van der Waals surface area (Å²) in [7, 11) is 1.33. The van der Waals surface area contributed by atoms with Gasteiger partial charge >= 0.3 is 11.9 Å². The Kier molecular flexibility index (Phi) is 21.0. The number of fused-ring (bicyclic) bond motifs is 2. The van der Waals surface area contributed by atoms with Gasteiger partial charge in [-0.2, -0.15) is 0 Å². The second kappa shape index (κ2) is 28.0. The fourth-order valence-electron chi connectivity index (χ4n) is 9.65. The summed E-state index contributed by atoms with van der Waals surface area (Å²) < 4.78 is 0. The molecule has 0 unspecified atom stereocenters. The number of carboxylic acids is 2. The van der Waals surface area contributed by atoms with Gasteiger partial charge < -0.3 is 68.2 Å². The van der Waals surface area contributed by atoms with Crippen LogP contribution in [0, 0.1) is 0 Å². The van der Waals surface area contributed by atoms with E-state index in [1.807, 2.05) is 49.4 Å². The number of carboxylic acid groups (broad SMARTS) is 2. The third-order valence-corrected chi connectivity index (χ3v) is 13.9. The number of phenolic OH excluding ortho intramolecular Hbond substituents is 1. The maximum absolute atomic E-state index is 14.8. The summed E-state index contributed by atoms with van der Waals surface area (Å²) in [6.07, 6.45) is 1.59. The maximum atomic E-state index is 14.8. The minimum Gasteiger partial charge on any atom is -0.508 e. The molecule has 0 spiro atoms. The molecule has 13 N–H and O–H groups in total. The first-order valence-corrected chi connectivity index (χ1v) is 26.1. The van der Waals surface area contributed by atoms with Crippen molar-refractivity contribution in [2.24, 2.45) is 11.5 Å². The van der Waals surface area contributed by atoms with Crippen molar-refractivity contribution in [3.8, 4) is 5.75 Å². The predicted octanol–water partition coefficient (Wildman–Crippen LogP) is 1.27. The molecule has 8 amide bonds. The van der Waals surface area contributed by atoms with Gasteiger partial charge in [-0.15, -0.1) is 0 Å². The SMILES string of the molecule is CCCC[C@@H](C(=O)N[C@@H](CC(=O)O)C(=O)N[C@@H](Cc1cccc2ccccc12)C(N)=O)N(C)C(=O)[C@H](Cc1c[nH]c2ccccc12)NC(=O)CNC(=O)[C@H](Cc1ccc(O)cc1)NC(=O)[C@@H]1CCCN1C(=O)[C@H](N)CCC(=O)O. The Bertz CT molecular complexity index is 3030. The number of aromatic amines is 1. The Morgan fingerprint density at radius 3 is 2.09 bits per heavy atom. The first kappa shape index (κ1) is 59.4. The van der Waals surface area contributed by atoms with Crippen molar-refractivity contribution < 1.29 is 63.3 Å². The lowest BCUT2D eigenvalue weighted by Crippen LogP contribution is -2.59. The number of nitrogens with zero attached hydrogens (tertiary/aromatic N) is 2. The van der Waals surface area contributed by atoms with Crippen LogP contribution >= 0.6 is 0 Å². The number of aromatic nitrogens is 1. The Hall–Kier alpha value is -8.86. The minimum atomic E-state index is -1.73. The lowest BCUT2D eigenvalue weighted by atomic mass is 9.98. The zero-order valence-electron chi connectivity index (χ0n) is 43.9. The quantitative estimate of drug-likeness (QED) is 0.0336. The number of phenols is 1. The summed E-state index contributed by atoms with van der Waals surface area (Å²) in [5.74, 6) is -9.22. The summed E-state index contributed by atoms with van der Waals surface area (Å²) in [5.41, 5.74) is 14.3. The largest absolute Gasteiger partial charge is 0.508 e. The average Bonchev–Trinajstić information content (AvgIpc) is 4.10. The lowest BCUT2D eigenvalue weighted by molar-refractivity contribution is -0.144. The summed E-state index contributed by atoms with van der Waals surface area (Å²) in [4.78, 5) is 140. The van der Waals surface area contributed by atoms with Crippen molar-refractivity contribution in [1.29, 1.82) is 0 Å². The number of likely N-dealkylation sites (tertiary alicyclic amines) is 1. The molecule has 79 heavy (non-hydrogen) atoms. The van der Waals surface area contributed by atoms with Gasteiger partial charge in [0, 0.05) is 56.4 Å². The van der Waals surface area contributed by atoms with E-state index in [4.69, 9.17) is 16.6 Å². The van der Waals surface area contributed by atoms with Gasteiger partial charge in [-0.3, -0.25) is 47.9 Å². The van der Waals surface area contributed by atoms with E-state index in [1.54, 1.807) is 30.5 Å². The number of rotatable bonds is 28. The number of nitrogens with two attached hydrogens (primary N) is 2. The number of benzene rings is 4. The molecule has 23 nitrogen and oxygen atoms in total. The first-order chi connectivity index (χ1) is 37.7. The molecule has 420 valence electrons. The third kappa shape index (κ3) is 16.3. The maximum Gasteiger partial charge on any atom is 0.305 e. The number of hydrogen-bond acceptors (Lipinski definition) is 12. The van der Waals surface area contributed by atoms with E-state index >= 15 is 0 Å². The van der Waals surface area contributed by atoms with Gasteiger partial charge in [0.2, 0.25) is 47.3 Å². The van der Waals surface area contributed by atoms with Gasteiger partial charge in [0.25, 0.3) is 0 Å². The van der Waals surface area contributed by atoms with E-state index in [0.29, 0.717) is 36.0 Å². The van der Waals surface area contributed by atoms with E-state index < -0.39 is 114 Å². The highest BCUT2D eigenvalue weighted by Crippen LogP contribution is 2.24. The summed E-state index contributed by atoms with van der Waals surface area (Å²) in [6.45, 7) is 1.30. The van der Waals surface area contributed by atoms with Gasteiger partial charge in [0.05, 0.1) is 19.0 Å². The van der Waals surface area contributed by atoms with Crippen molar-refractivity contribution in [1.82, 2.24) is 41.4 Å². The van der Waals surface area contributed by atoms with Crippen LogP contribution in [0.1, 0.15) is 75.0 Å². The van der Waals surface area contributed by atoms with E-state index in [1.165, 1.54) is 36.2 Å². The van der Waals surface area contributed by atoms with Gasteiger partial charge in [0.1, 0.15) is 42.0 Å². The molecule has 1 aromatic heterocycles. The number of nitrogens with one attached hydrogen (secondary N) is 6.